The van der Waals surface area contributed by atoms with E-state index in [4.69, 9.17) is 0 Å². The number of aliphatic imine (C=N–C) groups is 1. The fourth-order valence-corrected chi connectivity index (χ4v) is 1.67. The summed E-state index contributed by atoms with van der Waals surface area (Å²) in [6, 6.07) is 0. The third-order valence-electron chi connectivity index (χ3n) is 2.46. The molecule has 0 spiro atoms. The molecular formula is C14H26N6O. The molecule has 1 rings (SSSR count). The minimum atomic E-state index is -0.236. The number of carbonyl (C=O) groups excluding carboxylic acids is 1. The highest BCUT2D eigenvalue weighted by Gasteiger charge is 2.13. The van der Waals surface area contributed by atoms with Gasteiger partial charge >= 0.3 is 0 Å². The first-order chi connectivity index (χ1) is 9.90. The summed E-state index contributed by atoms with van der Waals surface area (Å²) in [5.41, 5.74) is -0.236. The second-order valence-electron chi connectivity index (χ2n) is 5.72. The van der Waals surface area contributed by atoms with Gasteiger partial charge in [0, 0.05) is 37.6 Å². The van der Waals surface area contributed by atoms with Gasteiger partial charge in [0.05, 0.1) is 6.33 Å². The van der Waals surface area contributed by atoms with Crippen molar-refractivity contribution in [3.05, 3.63) is 18.7 Å². The predicted molar refractivity (Wildman–Crippen MR) is 84.1 cm³/mol. The number of nitrogens with zero attached hydrogens (tertiary/aromatic N) is 3. The zero-order chi connectivity index (χ0) is 15.7. The van der Waals surface area contributed by atoms with Crippen molar-refractivity contribution >= 4 is 11.9 Å². The van der Waals surface area contributed by atoms with E-state index in [0.717, 1.165) is 13.1 Å². The minimum absolute atomic E-state index is 0.0886. The molecule has 0 aliphatic rings. The van der Waals surface area contributed by atoms with Crippen LogP contribution < -0.4 is 16.0 Å². The van der Waals surface area contributed by atoms with Crippen molar-refractivity contribution in [1.82, 2.24) is 25.5 Å². The van der Waals surface area contributed by atoms with E-state index in [2.05, 4.69) is 25.9 Å². The highest BCUT2D eigenvalue weighted by atomic mass is 16.2. The number of amides is 1. The smallest absolute Gasteiger partial charge is 0.242 e. The maximum atomic E-state index is 11.7. The van der Waals surface area contributed by atoms with Gasteiger partial charge < -0.3 is 20.5 Å². The van der Waals surface area contributed by atoms with Crippen LogP contribution in [0.3, 0.4) is 0 Å². The molecule has 0 bridgehead atoms. The first-order valence-corrected chi connectivity index (χ1v) is 7.19. The monoisotopic (exact) mass is 294 g/mol. The summed E-state index contributed by atoms with van der Waals surface area (Å²) < 4.78 is 1.98. The Hall–Kier alpha value is -2.05. The van der Waals surface area contributed by atoms with Gasteiger partial charge in [0.2, 0.25) is 5.91 Å². The fourth-order valence-electron chi connectivity index (χ4n) is 1.67. The van der Waals surface area contributed by atoms with Crippen molar-refractivity contribution in [1.29, 1.82) is 0 Å². The van der Waals surface area contributed by atoms with Gasteiger partial charge in [-0.2, -0.15) is 0 Å². The molecule has 0 aromatic carbocycles. The van der Waals surface area contributed by atoms with Crippen LogP contribution in [0.15, 0.2) is 23.7 Å². The van der Waals surface area contributed by atoms with Crippen molar-refractivity contribution in [2.24, 2.45) is 4.99 Å². The number of nitrogens with one attached hydrogen (secondary N) is 3. The van der Waals surface area contributed by atoms with Gasteiger partial charge in [0.15, 0.2) is 5.96 Å². The lowest BCUT2D eigenvalue weighted by atomic mass is 10.1. The van der Waals surface area contributed by atoms with Crippen molar-refractivity contribution < 1.29 is 4.79 Å². The standard InChI is InChI=1S/C14H26N6O/c1-5-16-13(17-7-9-20-8-6-15-11-20)18-10-12(21)19-14(2,3)4/h6,8,11H,5,7,9-10H2,1-4H3,(H,19,21)(H2,16,17,18). The summed E-state index contributed by atoms with van der Waals surface area (Å²) >= 11 is 0. The lowest BCUT2D eigenvalue weighted by Crippen LogP contribution is -2.43. The highest BCUT2D eigenvalue weighted by molar-refractivity contribution is 5.85. The number of rotatable bonds is 6. The summed E-state index contributed by atoms with van der Waals surface area (Å²) in [4.78, 5) is 20.0. The van der Waals surface area contributed by atoms with E-state index in [1.54, 1.807) is 12.5 Å². The van der Waals surface area contributed by atoms with Crippen LogP contribution >= 0.6 is 0 Å². The molecule has 118 valence electrons. The zero-order valence-electron chi connectivity index (χ0n) is 13.3. The largest absolute Gasteiger partial charge is 0.357 e. The number of guanidine groups is 1. The van der Waals surface area contributed by atoms with Crippen LogP contribution in [0.25, 0.3) is 0 Å². The Bertz CT molecular complexity index is 447. The maximum absolute atomic E-state index is 11.7. The summed E-state index contributed by atoms with van der Waals surface area (Å²) in [5.74, 6) is 0.552. The topological polar surface area (TPSA) is 83.3 Å². The molecule has 1 amide bonds. The third-order valence-corrected chi connectivity index (χ3v) is 2.46. The van der Waals surface area contributed by atoms with Crippen molar-refractivity contribution in [3.8, 4) is 0 Å². The highest BCUT2D eigenvalue weighted by Crippen LogP contribution is 1.97. The first-order valence-electron chi connectivity index (χ1n) is 7.19. The van der Waals surface area contributed by atoms with Gasteiger partial charge in [-0.3, -0.25) is 4.79 Å². The van der Waals surface area contributed by atoms with Crippen LogP contribution in [-0.4, -0.2) is 46.6 Å². The fraction of sp³-hybridized carbons (Fsp3) is 0.643. The Labute approximate surface area is 126 Å². The van der Waals surface area contributed by atoms with E-state index in [1.807, 2.05) is 38.5 Å². The molecule has 3 N–H and O–H groups in total. The van der Waals surface area contributed by atoms with Crippen LogP contribution in [0.4, 0.5) is 0 Å². The number of carbonyl (C=O) groups is 1. The minimum Gasteiger partial charge on any atom is -0.357 e. The molecule has 0 radical (unpaired) electrons. The van der Waals surface area contributed by atoms with Crippen LogP contribution in [0.2, 0.25) is 0 Å². The quantitative estimate of drug-likeness (QED) is 0.522. The van der Waals surface area contributed by atoms with Crippen molar-refractivity contribution in [2.45, 2.75) is 39.8 Å². The van der Waals surface area contributed by atoms with Crippen molar-refractivity contribution in [3.63, 3.8) is 0 Å². The Morgan fingerprint density at radius 3 is 2.67 bits per heavy atom. The first kappa shape index (κ1) is 17.0. The lowest BCUT2D eigenvalue weighted by Gasteiger charge is -2.20. The van der Waals surface area contributed by atoms with Gasteiger partial charge in [-0.05, 0) is 27.7 Å². The summed E-state index contributed by atoms with van der Waals surface area (Å²) in [6.45, 7) is 10.2. The van der Waals surface area contributed by atoms with Crippen LogP contribution in [0.1, 0.15) is 27.7 Å². The molecule has 0 fully saturated rings. The molecule has 0 saturated carbocycles. The summed E-state index contributed by atoms with van der Waals surface area (Å²) in [5, 5.41) is 9.18. The SMILES string of the molecule is CCNC(=NCC(=O)NC(C)(C)C)NCCn1ccnc1. The number of aromatic nitrogens is 2. The Kier molecular flexibility index (Phi) is 6.71. The maximum Gasteiger partial charge on any atom is 0.242 e. The van der Waals surface area contributed by atoms with Crippen LogP contribution in [0.5, 0.6) is 0 Å². The van der Waals surface area contributed by atoms with E-state index in [1.165, 1.54) is 0 Å². The molecular weight excluding hydrogens is 268 g/mol. The second-order valence-corrected chi connectivity index (χ2v) is 5.72. The Morgan fingerprint density at radius 1 is 1.33 bits per heavy atom. The van der Waals surface area contributed by atoms with Crippen LogP contribution in [-0.2, 0) is 11.3 Å². The summed E-state index contributed by atoms with van der Waals surface area (Å²) in [7, 11) is 0. The number of imidazole rings is 1. The Morgan fingerprint density at radius 2 is 2.10 bits per heavy atom. The molecule has 1 aromatic heterocycles. The zero-order valence-corrected chi connectivity index (χ0v) is 13.3. The van der Waals surface area contributed by atoms with E-state index in [-0.39, 0.29) is 18.0 Å². The molecule has 0 aliphatic heterocycles. The molecule has 1 heterocycles. The van der Waals surface area contributed by atoms with Gasteiger partial charge in [-0.15, -0.1) is 0 Å². The molecule has 7 nitrogen and oxygen atoms in total. The van der Waals surface area contributed by atoms with E-state index in [0.29, 0.717) is 12.5 Å². The molecule has 1 aromatic rings. The van der Waals surface area contributed by atoms with Gasteiger partial charge in [-0.1, -0.05) is 0 Å². The third kappa shape index (κ3) is 7.96. The second kappa shape index (κ2) is 8.28. The van der Waals surface area contributed by atoms with Gasteiger partial charge in [0.25, 0.3) is 0 Å². The number of hydrogen-bond donors (Lipinski definition) is 3. The average Bonchev–Trinajstić information content (AvgIpc) is 2.87. The lowest BCUT2D eigenvalue weighted by molar-refractivity contribution is -0.121. The molecule has 0 unspecified atom stereocenters. The van der Waals surface area contributed by atoms with Crippen LogP contribution in [0, 0.1) is 0 Å². The van der Waals surface area contributed by atoms with E-state index in [9.17, 15) is 4.79 Å². The summed E-state index contributed by atoms with van der Waals surface area (Å²) in [6.07, 6.45) is 5.42. The Balaban J connectivity index is 2.40. The molecule has 21 heavy (non-hydrogen) atoms. The molecule has 7 heteroatoms. The van der Waals surface area contributed by atoms with E-state index < -0.39 is 0 Å². The normalized spacial score (nSPS) is 12.1. The molecule has 0 aliphatic carbocycles. The molecule has 0 saturated heterocycles. The predicted octanol–water partition coefficient (Wildman–Crippen LogP) is 0.353. The van der Waals surface area contributed by atoms with Gasteiger partial charge in [0.1, 0.15) is 6.54 Å². The number of hydrogen-bond acceptors (Lipinski definition) is 3. The average molecular weight is 294 g/mol. The van der Waals surface area contributed by atoms with Crippen molar-refractivity contribution in [2.75, 3.05) is 19.6 Å². The van der Waals surface area contributed by atoms with E-state index >= 15 is 0 Å². The molecule has 0 atom stereocenters. The van der Waals surface area contributed by atoms with Gasteiger partial charge in [-0.25, -0.2) is 9.98 Å².